The van der Waals surface area contributed by atoms with Gasteiger partial charge in [0.15, 0.2) is 18.9 Å². The van der Waals surface area contributed by atoms with Crippen molar-refractivity contribution in [2.45, 2.75) is 317 Å². The molecule has 0 aromatic rings. The van der Waals surface area contributed by atoms with E-state index in [1.54, 1.807) is 6.08 Å². The summed E-state index contributed by atoms with van der Waals surface area (Å²) in [6, 6.07) is -1.02. The van der Waals surface area contributed by atoms with Crippen LogP contribution in [0.3, 0.4) is 0 Å². The molecule has 19 nitrogen and oxygen atoms in total. The predicted octanol–water partition coefficient (Wildman–Crippen LogP) is 11.7. The fourth-order valence-electron chi connectivity index (χ4n) is 11.5. The molecule has 17 unspecified atom stereocenters. The quantitative estimate of drug-likeness (QED) is 0.0199. The van der Waals surface area contributed by atoms with Crippen molar-refractivity contribution in [2.24, 2.45) is 0 Å². The number of unbranched alkanes of at least 4 members (excludes halogenated alkanes) is 16. The van der Waals surface area contributed by atoms with E-state index in [4.69, 9.17) is 28.4 Å². The summed E-state index contributed by atoms with van der Waals surface area (Å²) >= 11 is 0. The maximum Gasteiger partial charge on any atom is 0.220 e. The summed E-state index contributed by atoms with van der Waals surface area (Å²) in [4.78, 5) is 13.4. The van der Waals surface area contributed by atoms with Gasteiger partial charge >= 0.3 is 0 Å². The Kier molecular flexibility index (Phi) is 53.6. The summed E-state index contributed by atoms with van der Waals surface area (Å²) in [6.45, 7) is 1.55. The first-order valence-corrected chi connectivity index (χ1v) is 37.7. The zero-order valence-electron chi connectivity index (χ0n) is 60.4. The van der Waals surface area contributed by atoms with Gasteiger partial charge in [0.1, 0.15) is 73.2 Å². The Morgan fingerprint density at radius 2 is 0.700 bits per heavy atom. The van der Waals surface area contributed by atoms with E-state index in [1.165, 1.54) is 70.6 Å². The number of aliphatic hydroxyl groups is 11. The number of carbonyl (C=O) groups excluding carboxylic acids is 1. The van der Waals surface area contributed by atoms with Gasteiger partial charge in [-0.1, -0.05) is 249 Å². The van der Waals surface area contributed by atoms with E-state index in [-0.39, 0.29) is 12.3 Å². The molecule has 0 aliphatic carbocycles. The summed E-state index contributed by atoms with van der Waals surface area (Å²) in [5, 5.41) is 121. The second kappa shape index (κ2) is 59.8. The minimum atomic E-state index is -1.99. The van der Waals surface area contributed by atoms with Crippen molar-refractivity contribution in [2.75, 3.05) is 26.4 Å². The maximum absolute atomic E-state index is 13.4. The first-order valence-electron chi connectivity index (χ1n) is 37.7. The van der Waals surface area contributed by atoms with Gasteiger partial charge in [-0.3, -0.25) is 4.79 Å². The van der Waals surface area contributed by atoms with Crippen LogP contribution in [-0.4, -0.2) is 193 Å². The van der Waals surface area contributed by atoms with E-state index in [9.17, 15) is 61.0 Å². The Hall–Kier alpha value is -4.59. The molecule has 568 valence electrons. The van der Waals surface area contributed by atoms with Crippen LogP contribution < -0.4 is 5.32 Å². The predicted molar refractivity (Wildman–Crippen MR) is 396 cm³/mol. The van der Waals surface area contributed by atoms with E-state index in [1.807, 2.05) is 6.08 Å². The van der Waals surface area contributed by atoms with Crippen LogP contribution in [-0.2, 0) is 33.2 Å². The lowest BCUT2D eigenvalue weighted by molar-refractivity contribution is -0.379. The lowest BCUT2D eigenvalue weighted by Crippen LogP contribution is -2.66. The molecule has 0 saturated carbocycles. The van der Waals surface area contributed by atoms with Gasteiger partial charge in [0.05, 0.1) is 38.6 Å². The Morgan fingerprint density at radius 3 is 1.12 bits per heavy atom. The largest absolute Gasteiger partial charge is 0.394 e. The number of hydrogen-bond donors (Lipinski definition) is 12. The third-order valence-electron chi connectivity index (χ3n) is 17.6. The topological polar surface area (TPSA) is 307 Å². The summed E-state index contributed by atoms with van der Waals surface area (Å²) in [5.41, 5.74) is 0. The Morgan fingerprint density at radius 1 is 0.370 bits per heavy atom. The average Bonchev–Trinajstić information content (AvgIpc) is 0.783. The third-order valence-corrected chi connectivity index (χ3v) is 17.6. The molecule has 3 fully saturated rings. The molecule has 3 rings (SSSR count). The highest BCUT2D eigenvalue weighted by molar-refractivity contribution is 5.76. The van der Waals surface area contributed by atoms with Crippen molar-refractivity contribution in [3.05, 3.63) is 158 Å². The van der Waals surface area contributed by atoms with E-state index in [0.29, 0.717) is 12.8 Å². The first kappa shape index (κ1) is 89.6. The zero-order chi connectivity index (χ0) is 72.5. The number of rotatable bonds is 56. The van der Waals surface area contributed by atoms with Crippen LogP contribution in [0.4, 0.5) is 0 Å². The molecule has 100 heavy (non-hydrogen) atoms. The van der Waals surface area contributed by atoms with E-state index >= 15 is 0 Å². The van der Waals surface area contributed by atoms with Crippen LogP contribution in [0.2, 0.25) is 0 Å². The maximum atomic E-state index is 13.4. The molecular formula is C81H131NO18. The molecule has 0 aromatic carbocycles. The van der Waals surface area contributed by atoms with E-state index < -0.39 is 131 Å². The zero-order valence-corrected chi connectivity index (χ0v) is 60.4. The lowest BCUT2D eigenvalue weighted by Gasteiger charge is -2.48. The molecule has 1 amide bonds. The van der Waals surface area contributed by atoms with Crippen molar-refractivity contribution < 1.29 is 89.4 Å². The van der Waals surface area contributed by atoms with Crippen molar-refractivity contribution in [1.29, 1.82) is 0 Å². The molecule has 3 saturated heterocycles. The van der Waals surface area contributed by atoms with Gasteiger partial charge < -0.3 is 89.9 Å². The van der Waals surface area contributed by atoms with Gasteiger partial charge in [0.25, 0.3) is 0 Å². The van der Waals surface area contributed by atoms with Crippen molar-refractivity contribution >= 4 is 5.91 Å². The van der Waals surface area contributed by atoms with Gasteiger partial charge in [-0.15, -0.1) is 0 Å². The van der Waals surface area contributed by atoms with Crippen molar-refractivity contribution in [3.8, 4) is 0 Å². The fraction of sp³-hybridized carbons (Fsp3) is 0.667. The van der Waals surface area contributed by atoms with Gasteiger partial charge in [0.2, 0.25) is 5.91 Å². The van der Waals surface area contributed by atoms with Crippen LogP contribution in [0.5, 0.6) is 0 Å². The molecule has 17 atom stereocenters. The minimum absolute atomic E-state index is 0.184. The minimum Gasteiger partial charge on any atom is -0.394 e. The fourth-order valence-corrected chi connectivity index (χ4v) is 11.5. The van der Waals surface area contributed by atoms with Crippen LogP contribution in [0.1, 0.15) is 213 Å². The van der Waals surface area contributed by atoms with E-state index in [2.05, 4.69) is 165 Å². The highest BCUT2D eigenvalue weighted by Gasteiger charge is 2.53. The number of aliphatic hydroxyl groups excluding tert-OH is 11. The second-order valence-electron chi connectivity index (χ2n) is 26.0. The number of hydrogen-bond acceptors (Lipinski definition) is 18. The molecular weight excluding hydrogens is 1270 g/mol. The monoisotopic (exact) mass is 1410 g/mol. The summed E-state index contributed by atoms with van der Waals surface area (Å²) in [6.07, 6.45) is 60.8. The molecule has 0 spiro atoms. The van der Waals surface area contributed by atoms with Crippen LogP contribution >= 0.6 is 0 Å². The second-order valence-corrected chi connectivity index (χ2v) is 26.0. The molecule has 3 aliphatic heterocycles. The third kappa shape index (κ3) is 39.9. The molecule has 3 aliphatic rings. The van der Waals surface area contributed by atoms with Crippen molar-refractivity contribution in [1.82, 2.24) is 5.32 Å². The first-order chi connectivity index (χ1) is 48.8. The van der Waals surface area contributed by atoms with Gasteiger partial charge in [-0.2, -0.15) is 0 Å². The normalized spacial score (nSPS) is 27.4. The molecule has 19 heteroatoms. The standard InChI is InChI=1S/C81H131NO18/c1-3-5-7-9-11-13-15-17-19-21-23-24-25-26-27-28-29-30-31-32-33-34-35-36-37-38-39-40-41-43-45-47-49-51-53-55-57-59-69(87)82-64(65(86)58-56-54-52-50-48-46-44-42-22-20-18-16-14-12-10-8-6-4-2)63-95-79-75(93)72(90)77(67(61-84)97-79)100-81-76(94)73(91)78(68(62-85)98-81)99-80-74(92)71(89)70(88)66(60-83)96-80/h5,7,11,13,17,19,23-24,26-27,29-30,32-33,35-36,38-39,41,43,47-50,56,58,64-68,70-81,83-86,88-94H,3-4,6,8-10,12,14-16,18,20-22,25,28,31,34,37,40,42,44-46,51-55,57,59-63H2,1-2H3,(H,82,87)/b7-5-,13-11-,19-17-,24-23-,27-26-,30-29-,33-32-,36-35-,39-38-,43-41-,49-47-,50-48+,58-56+. The van der Waals surface area contributed by atoms with E-state index in [0.717, 1.165) is 109 Å². The van der Waals surface area contributed by atoms with Crippen molar-refractivity contribution in [3.63, 3.8) is 0 Å². The van der Waals surface area contributed by atoms with Gasteiger partial charge in [-0.05, 0) is 116 Å². The van der Waals surface area contributed by atoms with Crippen LogP contribution in [0.25, 0.3) is 0 Å². The summed E-state index contributed by atoms with van der Waals surface area (Å²) < 4.78 is 34.3. The number of nitrogens with one attached hydrogen (secondary N) is 1. The summed E-state index contributed by atoms with van der Waals surface area (Å²) in [5.74, 6) is -0.324. The highest BCUT2D eigenvalue weighted by Crippen LogP contribution is 2.33. The molecule has 12 N–H and O–H groups in total. The number of amides is 1. The molecule has 0 bridgehead atoms. The Balaban J connectivity index is 1.41. The number of carbonyl (C=O) groups is 1. The highest BCUT2D eigenvalue weighted by atomic mass is 16.8. The summed E-state index contributed by atoms with van der Waals surface area (Å²) in [7, 11) is 0. The number of allylic oxidation sites excluding steroid dienone is 25. The number of ether oxygens (including phenoxy) is 6. The SMILES string of the molecule is CC/C=C\C/C=C\C/C=C\C/C=C\C/C=C\C/C=C\C/C=C\C/C=C\C/C=C\C/C=C\C/C=C\CCCCCC(=O)NC(COC1OC(CO)C(OC2OC(CO)C(OC3OC(CO)C(O)C(O)C3O)C(O)C2O)C(O)C1O)C(O)/C=C/CC/C=C/CCCCCCCCCCCCCC. The van der Waals surface area contributed by atoms with Crippen LogP contribution in [0, 0.1) is 0 Å². The Labute approximate surface area is 599 Å². The average molecular weight is 1410 g/mol. The Bertz CT molecular complexity index is 2430. The lowest BCUT2D eigenvalue weighted by atomic mass is 9.96. The van der Waals surface area contributed by atoms with Gasteiger partial charge in [0, 0.05) is 6.42 Å². The molecule has 0 aromatic heterocycles. The molecule has 3 heterocycles. The smallest absolute Gasteiger partial charge is 0.220 e. The molecule has 0 radical (unpaired) electrons. The van der Waals surface area contributed by atoms with Crippen LogP contribution in [0.15, 0.2) is 158 Å². The van der Waals surface area contributed by atoms with Gasteiger partial charge in [-0.25, -0.2) is 0 Å².